The molecule has 1 saturated carbocycles. The first-order valence-corrected chi connectivity index (χ1v) is 12.1. The van der Waals surface area contributed by atoms with Crippen molar-refractivity contribution in [1.29, 1.82) is 0 Å². The Morgan fingerprint density at radius 1 is 0.750 bits per heavy atom. The van der Waals surface area contributed by atoms with Crippen LogP contribution in [0.25, 0.3) is 0 Å². The predicted molar refractivity (Wildman–Crippen MR) is 129 cm³/mol. The molecule has 0 N–H and O–H groups in total. The Hall–Kier alpha value is -2.19. The fraction of sp³-hybridized carbons (Fsp3) is 0.379. The van der Waals surface area contributed by atoms with Gasteiger partial charge in [-0.05, 0) is 111 Å². The Morgan fingerprint density at radius 3 is 2.00 bits per heavy atom. The summed E-state index contributed by atoms with van der Waals surface area (Å²) >= 11 is 5.90. The highest BCUT2D eigenvalue weighted by Crippen LogP contribution is 2.37. The first kappa shape index (κ1) is 23.0. The second kappa shape index (κ2) is 10.6. The molecule has 0 amide bonds. The summed E-state index contributed by atoms with van der Waals surface area (Å²) in [5.41, 5.74) is 4.74. The Labute approximate surface area is 195 Å². The van der Waals surface area contributed by atoms with Gasteiger partial charge in [-0.1, -0.05) is 53.6 Å². The minimum absolute atomic E-state index is 0.183. The summed E-state index contributed by atoms with van der Waals surface area (Å²) in [4.78, 5) is 0. The molecule has 0 aliphatic heterocycles. The summed E-state index contributed by atoms with van der Waals surface area (Å²) in [7, 11) is 0. The molecule has 4 rings (SSSR count). The van der Waals surface area contributed by atoms with Crippen molar-refractivity contribution < 1.29 is 8.78 Å². The molecule has 0 spiro atoms. The molecule has 0 aromatic heterocycles. The average Bonchev–Trinajstić information content (AvgIpc) is 2.79. The summed E-state index contributed by atoms with van der Waals surface area (Å²) in [5, 5.41) is 0.666. The van der Waals surface area contributed by atoms with Gasteiger partial charge in [0.15, 0.2) is 0 Å². The van der Waals surface area contributed by atoms with Crippen molar-refractivity contribution in [3.63, 3.8) is 0 Å². The minimum atomic E-state index is -0.419. The van der Waals surface area contributed by atoms with Gasteiger partial charge in [-0.2, -0.15) is 0 Å². The van der Waals surface area contributed by atoms with E-state index in [1.54, 1.807) is 12.1 Å². The number of hydrogen-bond donors (Lipinski definition) is 0. The van der Waals surface area contributed by atoms with Gasteiger partial charge in [0, 0.05) is 10.6 Å². The fourth-order valence-corrected chi connectivity index (χ4v) is 5.08. The van der Waals surface area contributed by atoms with Crippen LogP contribution in [0.5, 0.6) is 0 Å². The van der Waals surface area contributed by atoms with Crippen LogP contribution in [0, 0.1) is 24.5 Å². The van der Waals surface area contributed by atoms with Crippen LogP contribution in [0.2, 0.25) is 5.02 Å². The van der Waals surface area contributed by atoms with Crippen molar-refractivity contribution in [2.24, 2.45) is 5.92 Å². The van der Waals surface area contributed by atoms with Gasteiger partial charge in [0.2, 0.25) is 0 Å². The summed E-state index contributed by atoms with van der Waals surface area (Å²) in [6.07, 6.45) is 7.50. The van der Waals surface area contributed by atoms with E-state index < -0.39 is 11.6 Å². The van der Waals surface area contributed by atoms with E-state index >= 15 is 0 Å². The first-order valence-electron chi connectivity index (χ1n) is 11.8. The molecule has 0 unspecified atom stereocenters. The molecule has 32 heavy (non-hydrogen) atoms. The van der Waals surface area contributed by atoms with Crippen molar-refractivity contribution in [2.75, 3.05) is 0 Å². The number of benzene rings is 3. The van der Waals surface area contributed by atoms with Crippen LogP contribution >= 0.6 is 11.6 Å². The van der Waals surface area contributed by atoms with Crippen molar-refractivity contribution in [3.8, 4) is 0 Å². The maximum atomic E-state index is 14.6. The van der Waals surface area contributed by atoms with Crippen LogP contribution in [0.4, 0.5) is 8.78 Å². The van der Waals surface area contributed by atoms with E-state index in [2.05, 4.69) is 31.2 Å². The Bertz CT molecular complexity index is 993. The highest BCUT2D eigenvalue weighted by molar-refractivity contribution is 6.30. The molecule has 0 saturated heterocycles. The molecule has 1 aliphatic rings. The van der Waals surface area contributed by atoms with Crippen molar-refractivity contribution in [1.82, 2.24) is 0 Å². The van der Waals surface area contributed by atoms with Crippen molar-refractivity contribution in [3.05, 3.63) is 105 Å². The van der Waals surface area contributed by atoms with Crippen LogP contribution in [-0.4, -0.2) is 0 Å². The SMILES string of the molecule is Cc1ccc([C@H]2CC[C@H](CCc3cc(F)c(CCc4ccc(Cl)cc4)c(F)c3)CC2)cc1. The number of rotatable bonds is 7. The number of hydrogen-bond acceptors (Lipinski definition) is 0. The highest BCUT2D eigenvalue weighted by atomic mass is 35.5. The maximum absolute atomic E-state index is 14.6. The third kappa shape index (κ3) is 5.98. The maximum Gasteiger partial charge on any atom is 0.129 e. The predicted octanol–water partition coefficient (Wildman–Crippen LogP) is 8.62. The quantitative estimate of drug-likeness (QED) is 0.336. The normalized spacial score (nSPS) is 18.6. The number of halogens is 3. The summed E-state index contributed by atoms with van der Waals surface area (Å²) < 4.78 is 29.3. The van der Waals surface area contributed by atoms with Gasteiger partial charge in [0.1, 0.15) is 11.6 Å². The topological polar surface area (TPSA) is 0 Å². The fourth-order valence-electron chi connectivity index (χ4n) is 4.95. The van der Waals surface area contributed by atoms with Crippen LogP contribution in [-0.2, 0) is 19.3 Å². The molecule has 3 heteroatoms. The second-order valence-corrected chi connectivity index (χ2v) is 9.77. The van der Waals surface area contributed by atoms with Crippen LogP contribution in [0.3, 0.4) is 0 Å². The number of aryl methyl sites for hydroxylation is 3. The van der Waals surface area contributed by atoms with Gasteiger partial charge in [-0.15, -0.1) is 0 Å². The van der Waals surface area contributed by atoms with E-state index in [4.69, 9.17) is 11.6 Å². The standard InChI is InChI=1S/C29H31ClF2/c1-20-2-11-24(12-3-20)25-13-6-21(7-14-25)4-5-23-18-28(31)27(29(32)19-23)17-10-22-8-15-26(30)16-9-22/h2-3,8-9,11-12,15-16,18-19,21,25H,4-7,10,13-14,17H2,1H3/t21-,25-. The van der Waals surface area contributed by atoms with E-state index in [1.165, 1.54) is 48.9 Å². The zero-order valence-corrected chi connectivity index (χ0v) is 19.5. The monoisotopic (exact) mass is 452 g/mol. The van der Waals surface area contributed by atoms with E-state index in [0.29, 0.717) is 29.7 Å². The van der Waals surface area contributed by atoms with E-state index in [-0.39, 0.29) is 5.56 Å². The van der Waals surface area contributed by atoms with E-state index in [0.717, 1.165) is 24.0 Å². The molecule has 1 fully saturated rings. The summed E-state index contributed by atoms with van der Waals surface area (Å²) in [6, 6.07) is 19.4. The molecule has 3 aromatic rings. The van der Waals surface area contributed by atoms with Crippen LogP contribution in [0.1, 0.15) is 65.8 Å². The molecule has 168 valence electrons. The van der Waals surface area contributed by atoms with Crippen molar-refractivity contribution >= 4 is 11.6 Å². The lowest BCUT2D eigenvalue weighted by atomic mass is 9.77. The molecule has 0 radical (unpaired) electrons. The lowest BCUT2D eigenvalue weighted by Crippen LogP contribution is -2.14. The van der Waals surface area contributed by atoms with Crippen LogP contribution in [0.15, 0.2) is 60.7 Å². The second-order valence-electron chi connectivity index (χ2n) is 9.33. The van der Waals surface area contributed by atoms with Gasteiger partial charge in [-0.3, -0.25) is 0 Å². The average molecular weight is 453 g/mol. The molecule has 0 bridgehead atoms. The third-order valence-electron chi connectivity index (χ3n) is 7.01. The molecule has 0 atom stereocenters. The van der Waals surface area contributed by atoms with Crippen LogP contribution < -0.4 is 0 Å². The lowest BCUT2D eigenvalue weighted by molar-refractivity contribution is 0.310. The van der Waals surface area contributed by atoms with Gasteiger partial charge >= 0.3 is 0 Å². The molecule has 0 heterocycles. The smallest absolute Gasteiger partial charge is 0.129 e. The highest BCUT2D eigenvalue weighted by Gasteiger charge is 2.22. The van der Waals surface area contributed by atoms with E-state index in [1.807, 2.05) is 12.1 Å². The van der Waals surface area contributed by atoms with Gasteiger partial charge < -0.3 is 0 Å². The summed E-state index contributed by atoms with van der Waals surface area (Å²) in [6.45, 7) is 2.12. The lowest BCUT2D eigenvalue weighted by Gasteiger charge is -2.29. The van der Waals surface area contributed by atoms with Gasteiger partial charge in [-0.25, -0.2) is 8.78 Å². The van der Waals surface area contributed by atoms with Crippen molar-refractivity contribution in [2.45, 2.75) is 64.2 Å². The largest absolute Gasteiger partial charge is 0.207 e. The minimum Gasteiger partial charge on any atom is -0.207 e. The molecular weight excluding hydrogens is 422 g/mol. The molecule has 1 aliphatic carbocycles. The van der Waals surface area contributed by atoms with Gasteiger partial charge in [0.25, 0.3) is 0 Å². The van der Waals surface area contributed by atoms with E-state index in [9.17, 15) is 8.78 Å². The summed E-state index contributed by atoms with van der Waals surface area (Å²) in [5.74, 6) is 0.461. The first-order chi connectivity index (χ1) is 15.5. The zero-order chi connectivity index (χ0) is 22.5. The molecule has 3 aromatic carbocycles. The Balaban J connectivity index is 1.28. The molecule has 0 nitrogen and oxygen atoms in total. The Kier molecular flexibility index (Phi) is 7.63. The zero-order valence-electron chi connectivity index (χ0n) is 18.7. The van der Waals surface area contributed by atoms with Gasteiger partial charge in [0.05, 0.1) is 0 Å². The third-order valence-corrected chi connectivity index (χ3v) is 7.27. The Morgan fingerprint density at radius 2 is 1.38 bits per heavy atom. The molecular formula is C29H31ClF2.